The van der Waals surface area contributed by atoms with Gasteiger partial charge in [-0.3, -0.25) is 4.79 Å². The number of nitrogens with zero attached hydrogens (tertiary/aromatic N) is 1. The first-order chi connectivity index (χ1) is 10.7. The molecule has 1 aliphatic carbocycles. The summed E-state index contributed by atoms with van der Waals surface area (Å²) in [6.07, 6.45) is 3.38. The Hall–Kier alpha value is -2.62. The Morgan fingerprint density at radius 2 is 2.00 bits per heavy atom. The van der Waals surface area contributed by atoms with Gasteiger partial charge in [-0.25, -0.2) is 4.98 Å². The van der Waals surface area contributed by atoms with Crippen LogP contribution in [-0.4, -0.2) is 10.9 Å². The molecule has 4 rings (SSSR count). The molecule has 0 atom stereocenters. The number of oxazole rings is 1. The van der Waals surface area contributed by atoms with Gasteiger partial charge in [0.15, 0.2) is 11.5 Å². The smallest absolute Gasteiger partial charge is 0.255 e. The van der Waals surface area contributed by atoms with E-state index in [1.807, 2.05) is 37.3 Å². The molecule has 0 radical (unpaired) electrons. The number of aromatic nitrogens is 1. The maximum atomic E-state index is 12.4. The highest BCUT2D eigenvalue weighted by atomic mass is 16.3. The molecule has 0 saturated carbocycles. The molecular formula is C18H16N2O2. The lowest BCUT2D eigenvalue weighted by Crippen LogP contribution is -2.12. The van der Waals surface area contributed by atoms with E-state index < -0.39 is 0 Å². The summed E-state index contributed by atoms with van der Waals surface area (Å²) in [5, 5.41) is 2.93. The van der Waals surface area contributed by atoms with E-state index in [0.29, 0.717) is 11.5 Å². The molecule has 0 aliphatic heterocycles. The Kier molecular flexibility index (Phi) is 2.96. The number of nitrogens with one attached hydrogen (secondary N) is 1. The number of carbonyl (C=O) groups is 1. The van der Waals surface area contributed by atoms with E-state index in [1.54, 1.807) is 0 Å². The lowest BCUT2D eigenvalue weighted by Gasteiger charge is -2.07. The van der Waals surface area contributed by atoms with Crippen molar-refractivity contribution in [3.63, 3.8) is 0 Å². The highest BCUT2D eigenvalue weighted by Gasteiger charge is 2.14. The number of amides is 1. The third kappa shape index (κ3) is 2.26. The number of benzene rings is 2. The molecule has 1 N–H and O–H groups in total. The third-order valence-corrected chi connectivity index (χ3v) is 4.11. The van der Waals surface area contributed by atoms with Gasteiger partial charge in [-0.2, -0.15) is 0 Å². The topological polar surface area (TPSA) is 55.1 Å². The first-order valence-corrected chi connectivity index (χ1v) is 7.49. The van der Waals surface area contributed by atoms with Crippen LogP contribution in [-0.2, 0) is 12.8 Å². The van der Waals surface area contributed by atoms with Crippen LogP contribution < -0.4 is 5.32 Å². The number of hydrogen-bond donors (Lipinski definition) is 1. The fraction of sp³-hybridized carbons (Fsp3) is 0.222. The maximum Gasteiger partial charge on any atom is 0.255 e. The standard InChI is InChI=1S/C18H16N2O2/c1-11-19-16-10-15(7-8-17(16)22-11)20-18(21)14-6-5-12-3-2-4-13(12)9-14/h5-10H,2-4H2,1H3,(H,20,21). The number of fused-ring (bicyclic) bond motifs is 2. The van der Waals surface area contributed by atoms with E-state index in [4.69, 9.17) is 4.42 Å². The molecule has 2 aromatic carbocycles. The summed E-state index contributed by atoms with van der Waals surface area (Å²) >= 11 is 0. The van der Waals surface area contributed by atoms with E-state index in [1.165, 1.54) is 17.5 Å². The van der Waals surface area contributed by atoms with Crippen molar-refractivity contribution in [2.24, 2.45) is 0 Å². The van der Waals surface area contributed by atoms with Gasteiger partial charge in [0, 0.05) is 18.2 Å². The number of aryl methyl sites for hydroxylation is 3. The summed E-state index contributed by atoms with van der Waals surface area (Å²) in [7, 11) is 0. The van der Waals surface area contributed by atoms with E-state index in [0.717, 1.165) is 29.6 Å². The van der Waals surface area contributed by atoms with Gasteiger partial charge in [0.05, 0.1) is 0 Å². The first kappa shape index (κ1) is 13.1. The summed E-state index contributed by atoms with van der Waals surface area (Å²) in [5.41, 5.74) is 5.59. The maximum absolute atomic E-state index is 12.4. The molecule has 0 fully saturated rings. The third-order valence-electron chi connectivity index (χ3n) is 4.11. The van der Waals surface area contributed by atoms with Crippen LogP contribution in [0, 0.1) is 6.92 Å². The second-order valence-corrected chi connectivity index (χ2v) is 5.71. The molecule has 0 bridgehead atoms. The van der Waals surface area contributed by atoms with E-state index in [-0.39, 0.29) is 5.91 Å². The molecule has 3 aromatic rings. The average molecular weight is 292 g/mol. The summed E-state index contributed by atoms with van der Waals surface area (Å²) in [5.74, 6) is 0.534. The predicted octanol–water partition coefficient (Wildman–Crippen LogP) is 3.88. The quantitative estimate of drug-likeness (QED) is 0.780. The fourth-order valence-corrected chi connectivity index (χ4v) is 3.04. The molecule has 4 nitrogen and oxygen atoms in total. The molecule has 1 heterocycles. The van der Waals surface area contributed by atoms with E-state index in [9.17, 15) is 4.79 Å². The van der Waals surface area contributed by atoms with Crippen molar-refractivity contribution in [3.8, 4) is 0 Å². The van der Waals surface area contributed by atoms with Crippen LogP contribution in [0.3, 0.4) is 0 Å². The van der Waals surface area contributed by atoms with Crippen LogP contribution in [0.25, 0.3) is 11.1 Å². The van der Waals surface area contributed by atoms with Gasteiger partial charge in [-0.15, -0.1) is 0 Å². The van der Waals surface area contributed by atoms with Gasteiger partial charge >= 0.3 is 0 Å². The van der Waals surface area contributed by atoms with Gasteiger partial charge in [0.25, 0.3) is 5.91 Å². The Morgan fingerprint density at radius 1 is 1.14 bits per heavy atom. The van der Waals surface area contributed by atoms with Crippen LogP contribution in [0.1, 0.15) is 33.8 Å². The highest BCUT2D eigenvalue weighted by molar-refractivity contribution is 6.05. The number of carbonyl (C=O) groups excluding carboxylic acids is 1. The van der Waals surface area contributed by atoms with Crippen LogP contribution in [0.5, 0.6) is 0 Å². The largest absolute Gasteiger partial charge is 0.441 e. The van der Waals surface area contributed by atoms with Crippen LogP contribution in [0.2, 0.25) is 0 Å². The van der Waals surface area contributed by atoms with Crippen molar-refractivity contribution in [3.05, 3.63) is 59.0 Å². The minimum atomic E-state index is -0.0886. The highest BCUT2D eigenvalue weighted by Crippen LogP contribution is 2.24. The van der Waals surface area contributed by atoms with Gasteiger partial charge in [-0.05, 0) is 60.7 Å². The molecule has 1 amide bonds. The molecule has 4 heteroatoms. The molecule has 0 spiro atoms. The lowest BCUT2D eigenvalue weighted by atomic mass is 10.1. The van der Waals surface area contributed by atoms with Crippen molar-refractivity contribution < 1.29 is 9.21 Å². The van der Waals surface area contributed by atoms with Crippen molar-refractivity contribution in [1.82, 2.24) is 4.98 Å². The molecular weight excluding hydrogens is 276 g/mol. The second-order valence-electron chi connectivity index (χ2n) is 5.71. The van der Waals surface area contributed by atoms with E-state index in [2.05, 4.69) is 16.4 Å². The minimum absolute atomic E-state index is 0.0886. The predicted molar refractivity (Wildman–Crippen MR) is 85.2 cm³/mol. The summed E-state index contributed by atoms with van der Waals surface area (Å²) in [4.78, 5) is 16.7. The van der Waals surface area contributed by atoms with Crippen LogP contribution in [0.15, 0.2) is 40.8 Å². The summed E-state index contributed by atoms with van der Waals surface area (Å²) in [6, 6.07) is 11.5. The SMILES string of the molecule is Cc1nc2cc(NC(=O)c3ccc4c(c3)CCC4)ccc2o1. The van der Waals surface area contributed by atoms with Crippen molar-refractivity contribution in [2.75, 3.05) is 5.32 Å². The monoisotopic (exact) mass is 292 g/mol. The average Bonchev–Trinajstić information content (AvgIpc) is 3.10. The van der Waals surface area contributed by atoms with Crippen molar-refractivity contribution >= 4 is 22.7 Å². The molecule has 22 heavy (non-hydrogen) atoms. The first-order valence-electron chi connectivity index (χ1n) is 7.49. The molecule has 1 aliphatic rings. The molecule has 0 saturated heterocycles. The normalized spacial score (nSPS) is 13.3. The lowest BCUT2D eigenvalue weighted by molar-refractivity contribution is 0.102. The van der Waals surface area contributed by atoms with Gasteiger partial charge in [0.1, 0.15) is 5.52 Å². The Morgan fingerprint density at radius 3 is 2.91 bits per heavy atom. The van der Waals surface area contributed by atoms with Crippen LogP contribution >= 0.6 is 0 Å². The Balaban J connectivity index is 1.59. The Bertz CT molecular complexity index is 880. The zero-order chi connectivity index (χ0) is 15.1. The number of rotatable bonds is 2. The summed E-state index contributed by atoms with van der Waals surface area (Å²) < 4.78 is 5.44. The van der Waals surface area contributed by atoms with Crippen LogP contribution in [0.4, 0.5) is 5.69 Å². The van der Waals surface area contributed by atoms with Crippen molar-refractivity contribution in [2.45, 2.75) is 26.2 Å². The minimum Gasteiger partial charge on any atom is -0.441 e. The zero-order valence-corrected chi connectivity index (χ0v) is 12.3. The molecule has 110 valence electrons. The number of hydrogen-bond acceptors (Lipinski definition) is 3. The van der Waals surface area contributed by atoms with Crippen molar-refractivity contribution in [1.29, 1.82) is 0 Å². The molecule has 0 unspecified atom stereocenters. The summed E-state index contributed by atoms with van der Waals surface area (Å²) in [6.45, 7) is 1.81. The van der Waals surface area contributed by atoms with Gasteiger partial charge in [-0.1, -0.05) is 6.07 Å². The number of anilines is 1. The zero-order valence-electron chi connectivity index (χ0n) is 12.3. The second kappa shape index (κ2) is 4.98. The van der Waals surface area contributed by atoms with Gasteiger partial charge in [0.2, 0.25) is 0 Å². The van der Waals surface area contributed by atoms with Gasteiger partial charge < -0.3 is 9.73 Å². The Labute approximate surface area is 128 Å². The fourth-order valence-electron chi connectivity index (χ4n) is 3.04. The van der Waals surface area contributed by atoms with E-state index >= 15 is 0 Å². The molecule has 1 aromatic heterocycles.